The summed E-state index contributed by atoms with van der Waals surface area (Å²) in [5, 5.41) is 8.53. The zero-order valence-electron chi connectivity index (χ0n) is 10.2. The fourth-order valence-corrected chi connectivity index (χ4v) is 2.04. The zero-order valence-corrected chi connectivity index (χ0v) is 10.2. The van der Waals surface area contributed by atoms with Gasteiger partial charge in [0.2, 0.25) is 5.91 Å². The minimum atomic E-state index is -0.900. The Labute approximate surface area is 96.6 Å². The van der Waals surface area contributed by atoms with E-state index in [2.05, 4.69) is 13.8 Å². The van der Waals surface area contributed by atoms with Crippen molar-refractivity contribution in [3.63, 3.8) is 0 Å². The van der Waals surface area contributed by atoms with Gasteiger partial charge in [0.05, 0.1) is 6.42 Å². The molecule has 0 atom stereocenters. The monoisotopic (exact) mass is 227 g/mol. The maximum absolute atomic E-state index is 11.7. The van der Waals surface area contributed by atoms with Crippen LogP contribution in [0.3, 0.4) is 0 Å². The molecule has 0 spiro atoms. The lowest BCUT2D eigenvalue weighted by Crippen LogP contribution is -2.32. The Kier molecular flexibility index (Phi) is 4.33. The molecule has 1 amide bonds. The molecule has 0 bridgehead atoms. The van der Waals surface area contributed by atoms with Crippen LogP contribution >= 0.6 is 0 Å². The number of carbonyl (C=O) groups is 2. The van der Waals surface area contributed by atoms with Crippen LogP contribution in [0.1, 0.15) is 46.0 Å². The van der Waals surface area contributed by atoms with Gasteiger partial charge in [-0.3, -0.25) is 9.59 Å². The molecule has 1 fully saturated rings. The van der Waals surface area contributed by atoms with Crippen LogP contribution in [0.5, 0.6) is 0 Å². The lowest BCUT2D eigenvalue weighted by atomic mass is 9.85. The quantitative estimate of drug-likeness (QED) is 0.801. The van der Waals surface area contributed by atoms with Gasteiger partial charge in [0.25, 0.3) is 0 Å². The fraction of sp³-hybridized carbons (Fsp3) is 0.833. The van der Waals surface area contributed by atoms with Crippen molar-refractivity contribution in [3.05, 3.63) is 0 Å². The lowest BCUT2D eigenvalue weighted by Gasteiger charge is -2.23. The summed E-state index contributed by atoms with van der Waals surface area (Å²) in [5.74, 6) is -0.913. The molecule has 4 heteroatoms. The summed E-state index contributed by atoms with van der Waals surface area (Å²) in [6.45, 7) is 5.99. The van der Waals surface area contributed by atoms with Crippen LogP contribution in [-0.4, -0.2) is 35.0 Å². The summed E-state index contributed by atoms with van der Waals surface area (Å²) in [6.07, 6.45) is 3.24. The van der Waals surface area contributed by atoms with Crippen molar-refractivity contribution in [1.82, 2.24) is 4.90 Å². The topological polar surface area (TPSA) is 57.6 Å². The van der Waals surface area contributed by atoms with Crippen LogP contribution in [0.2, 0.25) is 0 Å². The van der Waals surface area contributed by atoms with Gasteiger partial charge in [-0.05, 0) is 24.7 Å². The standard InChI is InChI=1S/C12H21NO3/c1-12(2)6-3-8-13(9-7-12)10(14)4-5-11(15)16/h3-9H2,1-2H3,(H,15,16). The Balaban J connectivity index is 2.42. The molecule has 0 aliphatic carbocycles. The van der Waals surface area contributed by atoms with E-state index in [4.69, 9.17) is 5.11 Å². The number of carboxylic acid groups (broad SMARTS) is 1. The second kappa shape index (κ2) is 5.32. The first-order valence-electron chi connectivity index (χ1n) is 5.90. The van der Waals surface area contributed by atoms with Crippen molar-refractivity contribution in [1.29, 1.82) is 0 Å². The molecule has 0 aromatic heterocycles. The zero-order chi connectivity index (χ0) is 12.2. The molecule has 92 valence electrons. The number of hydrogen-bond donors (Lipinski definition) is 1. The van der Waals surface area contributed by atoms with Crippen molar-refractivity contribution in [3.8, 4) is 0 Å². The van der Waals surface area contributed by atoms with Gasteiger partial charge in [0.15, 0.2) is 0 Å². The number of likely N-dealkylation sites (tertiary alicyclic amines) is 1. The summed E-state index contributed by atoms with van der Waals surface area (Å²) < 4.78 is 0. The van der Waals surface area contributed by atoms with Crippen LogP contribution in [0, 0.1) is 5.41 Å². The van der Waals surface area contributed by atoms with E-state index in [0.29, 0.717) is 5.41 Å². The summed E-state index contributed by atoms with van der Waals surface area (Å²) in [5.41, 5.74) is 0.307. The van der Waals surface area contributed by atoms with Gasteiger partial charge in [0, 0.05) is 19.5 Å². The third kappa shape index (κ3) is 4.21. The molecular formula is C12H21NO3. The van der Waals surface area contributed by atoms with E-state index in [1.165, 1.54) is 0 Å². The molecule has 0 radical (unpaired) electrons. The molecule has 1 heterocycles. The minimum Gasteiger partial charge on any atom is -0.481 e. The van der Waals surface area contributed by atoms with Crippen LogP contribution in [0.25, 0.3) is 0 Å². The van der Waals surface area contributed by atoms with Crippen LogP contribution in [0.4, 0.5) is 0 Å². The van der Waals surface area contributed by atoms with Gasteiger partial charge in [-0.1, -0.05) is 13.8 Å². The van der Waals surface area contributed by atoms with Crippen molar-refractivity contribution in [2.45, 2.75) is 46.0 Å². The number of aliphatic carboxylic acids is 1. The van der Waals surface area contributed by atoms with E-state index in [1.54, 1.807) is 0 Å². The Morgan fingerprint density at radius 3 is 2.50 bits per heavy atom. The predicted molar refractivity (Wildman–Crippen MR) is 61.1 cm³/mol. The summed E-state index contributed by atoms with van der Waals surface area (Å²) in [6, 6.07) is 0. The molecule has 1 saturated heterocycles. The van der Waals surface area contributed by atoms with Crippen LogP contribution in [0.15, 0.2) is 0 Å². The lowest BCUT2D eigenvalue weighted by molar-refractivity contribution is -0.140. The Bertz CT molecular complexity index is 273. The summed E-state index contributed by atoms with van der Waals surface area (Å²) in [7, 11) is 0. The third-order valence-corrected chi connectivity index (χ3v) is 3.25. The highest BCUT2D eigenvalue weighted by molar-refractivity contribution is 5.80. The minimum absolute atomic E-state index is 0.0138. The van der Waals surface area contributed by atoms with Gasteiger partial charge < -0.3 is 10.0 Å². The summed E-state index contributed by atoms with van der Waals surface area (Å²) >= 11 is 0. The number of carbonyl (C=O) groups excluding carboxylic acids is 1. The van der Waals surface area contributed by atoms with Crippen molar-refractivity contribution < 1.29 is 14.7 Å². The number of hydrogen-bond acceptors (Lipinski definition) is 2. The molecule has 1 rings (SSSR count). The largest absolute Gasteiger partial charge is 0.481 e. The average Bonchev–Trinajstić information content (AvgIpc) is 2.35. The first-order valence-corrected chi connectivity index (χ1v) is 5.90. The normalized spacial score (nSPS) is 20.2. The highest BCUT2D eigenvalue weighted by Gasteiger charge is 2.25. The highest BCUT2D eigenvalue weighted by Crippen LogP contribution is 2.29. The first kappa shape index (κ1) is 13.0. The molecule has 16 heavy (non-hydrogen) atoms. The molecule has 1 aliphatic heterocycles. The van der Waals surface area contributed by atoms with Gasteiger partial charge in [-0.25, -0.2) is 0 Å². The molecule has 0 saturated carbocycles. The van der Waals surface area contributed by atoms with E-state index < -0.39 is 5.97 Å². The Morgan fingerprint density at radius 1 is 1.19 bits per heavy atom. The molecule has 1 N–H and O–H groups in total. The van der Waals surface area contributed by atoms with E-state index >= 15 is 0 Å². The van der Waals surface area contributed by atoms with E-state index in [-0.39, 0.29) is 18.7 Å². The average molecular weight is 227 g/mol. The number of carboxylic acids is 1. The van der Waals surface area contributed by atoms with Gasteiger partial charge in [-0.15, -0.1) is 0 Å². The summed E-state index contributed by atoms with van der Waals surface area (Å²) in [4.78, 5) is 23.9. The van der Waals surface area contributed by atoms with Gasteiger partial charge in [-0.2, -0.15) is 0 Å². The third-order valence-electron chi connectivity index (χ3n) is 3.25. The van der Waals surface area contributed by atoms with E-state index in [9.17, 15) is 9.59 Å². The van der Waals surface area contributed by atoms with Crippen LogP contribution < -0.4 is 0 Å². The van der Waals surface area contributed by atoms with Gasteiger partial charge in [0.1, 0.15) is 0 Å². The van der Waals surface area contributed by atoms with Crippen molar-refractivity contribution in [2.75, 3.05) is 13.1 Å². The Hall–Kier alpha value is -1.06. The van der Waals surface area contributed by atoms with E-state index in [0.717, 1.165) is 32.4 Å². The van der Waals surface area contributed by atoms with Crippen molar-refractivity contribution in [2.24, 2.45) is 5.41 Å². The molecule has 0 aromatic rings. The Morgan fingerprint density at radius 2 is 1.88 bits per heavy atom. The molecular weight excluding hydrogens is 206 g/mol. The predicted octanol–water partition coefficient (Wildman–Crippen LogP) is 1.89. The fourth-order valence-electron chi connectivity index (χ4n) is 2.04. The van der Waals surface area contributed by atoms with E-state index in [1.807, 2.05) is 4.90 Å². The number of nitrogens with zero attached hydrogens (tertiary/aromatic N) is 1. The second-order valence-electron chi connectivity index (χ2n) is 5.29. The second-order valence-corrected chi connectivity index (χ2v) is 5.29. The number of amides is 1. The number of rotatable bonds is 3. The SMILES string of the molecule is CC1(C)CCCN(C(=O)CCC(=O)O)CC1. The van der Waals surface area contributed by atoms with Crippen LogP contribution in [-0.2, 0) is 9.59 Å². The van der Waals surface area contributed by atoms with Gasteiger partial charge >= 0.3 is 5.97 Å². The first-order chi connectivity index (χ1) is 7.41. The molecule has 0 unspecified atom stereocenters. The molecule has 4 nitrogen and oxygen atoms in total. The smallest absolute Gasteiger partial charge is 0.303 e. The van der Waals surface area contributed by atoms with Crippen molar-refractivity contribution >= 4 is 11.9 Å². The highest BCUT2D eigenvalue weighted by atomic mass is 16.4. The maximum Gasteiger partial charge on any atom is 0.303 e. The maximum atomic E-state index is 11.7. The molecule has 1 aliphatic rings. The molecule has 0 aromatic carbocycles.